The third kappa shape index (κ3) is 4.46. The Hall–Kier alpha value is -3.19. The molecule has 2 aromatic heterocycles. The zero-order valence-corrected chi connectivity index (χ0v) is 19.2. The van der Waals surface area contributed by atoms with E-state index in [4.69, 9.17) is 14.8 Å². The van der Waals surface area contributed by atoms with Crippen LogP contribution in [-0.2, 0) is 11.2 Å². The first-order valence-corrected chi connectivity index (χ1v) is 10.8. The molecule has 0 saturated carbocycles. The number of aromatic nitrogens is 3. The molecule has 2 aromatic carbocycles. The molecule has 0 fully saturated rings. The molecule has 31 heavy (non-hydrogen) atoms. The van der Waals surface area contributed by atoms with Gasteiger partial charge in [-0.25, -0.2) is 9.50 Å². The number of ether oxygens (including phenoxy) is 1. The van der Waals surface area contributed by atoms with Gasteiger partial charge in [0, 0.05) is 39.6 Å². The third-order valence-electron chi connectivity index (χ3n) is 5.28. The monoisotopic (exact) mass is 478 g/mol. The van der Waals surface area contributed by atoms with Crippen molar-refractivity contribution in [3.63, 3.8) is 0 Å². The Morgan fingerprint density at radius 3 is 2.61 bits per heavy atom. The number of methoxy groups -OCH3 is 1. The average Bonchev–Trinajstić information content (AvgIpc) is 3.19. The fourth-order valence-electron chi connectivity index (χ4n) is 3.67. The highest BCUT2D eigenvalue weighted by Gasteiger charge is 2.16. The smallest absolute Gasteiger partial charge is 0.224 e. The van der Waals surface area contributed by atoms with E-state index in [1.807, 2.05) is 73.0 Å². The first-order chi connectivity index (χ1) is 15.0. The van der Waals surface area contributed by atoms with Crippen molar-refractivity contribution >= 4 is 33.2 Å². The lowest BCUT2D eigenvalue weighted by Crippen LogP contribution is -2.14. The van der Waals surface area contributed by atoms with E-state index in [1.54, 1.807) is 7.11 Å². The zero-order chi connectivity index (χ0) is 22.0. The van der Waals surface area contributed by atoms with Crippen molar-refractivity contribution in [2.45, 2.75) is 26.7 Å². The second-order valence-corrected chi connectivity index (χ2v) is 8.23. The van der Waals surface area contributed by atoms with Crippen LogP contribution in [0.2, 0.25) is 0 Å². The molecule has 0 aliphatic carbocycles. The molecule has 6 nitrogen and oxygen atoms in total. The summed E-state index contributed by atoms with van der Waals surface area (Å²) in [5.74, 6) is 0.738. The van der Waals surface area contributed by atoms with Crippen LogP contribution in [0.5, 0.6) is 5.75 Å². The number of halogens is 1. The van der Waals surface area contributed by atoms with Crippen LogP contribution in [0.1, 0.15) is 23.4 Å². The average molecular weight is 479 g/mol. The van der Waals surface area contributed by atoms with Crippen molar-refractivity contribution in [3.05, 3.63) is 76.0 Å². The maximum atomic E-state index is 12.4. The van der Waals surface area contributed by atoms with Gasteiger partial charge in [-0.05, 0) is 62.2 Å². The lowest BCUT2D eigenvalue weighted by Gasteiger charge is -2.11. The fraction of sp³-hybridized carbons (Fsp3) is 0.208. The van der Waals surface area contributed by atoms with E-state index >= 15 is 0 Å². The number of anilines is 1. The first-order valence-electron chi connectivity index (χ1n) is 10.0. The quantitative estimate of drug-likeness (QED) is 0.405. The molecule has 0 spiro atoms. The third-order valence-corrected chi connectivity index (χ3v) is 5.81. The molecule has 0 unspecified atom stereocenters. The minimum Gasteiger partial charge on any atom is -0.496 e. The van der Waals surface area contributed by atoms with Crippen LogP contribution < -0.4 is 10.1 Å². The van der Waals surface area contributed by atoms with Crippen molar-refractivity contribution in [2.24, 2.45) is 0 Å². The summed E-state index contributed by atoms with van der Waals surface area (Å²) in [7, 11) is 1.65. The van der Waals surface area contributed by atoms with Crippen molar-refractivity contribution < 1.29 is 9.53 Å². The maximum Gasteiger partial charge on any atom is 0.224 e. The molecule has 0 saturated heterocycles. The van der Waals surface area contributed by atoms with Crippen LogP contribution in [-0.4, -0.2) is 27.6 Å². The van der Waals surface area contributed by atoms with Crippen molar-refractivity contribution in [1.29, 1.82) is 0 Å². The Morgan fingerprint density at radius 2 is 1.87 bits per heavy atom. The number of carbonyl (C=O) groups is 1. The highest BCUT2D eigenvalue weighted by atomic mass is 79.9. The predicted molar refractivity (Wildman–Crippen MR) is 126 cm³/mol. The number of nitrogens with zero attached hydrogens (tertiary/aromatic N) is 3. The minimum absolute atomic E-state index is 0.0311. The summed E-state index contributed by atoms with van der Waals surface area (Å²) in [5, 5.41) is 7.70. The molecular weight excluding hydrogens is 456 g/mol. The standard InChI is InChI=1S/C24H23BrN4O2/c1-15-19(12-13-24(30)27-18-10-8-17(25)9-11-18)16(2)29-23(26-15)14-21(28-29)20-6-4-5-7-22(20)31-3/h4-11,14H,12-13H2,1-3H3,(H,27,30). The number of para-hydroxylation sites is 1. The normalized spacial score (nSPS) is 11.0. The van der Waals surface area contributed by atoms with Crippen LogP contribution in [0, 0.1) is 13.8 Å². The van der Waals surface area contributed by atoms with Gasteiger partial charge < -0.3 is 10.1 Å². The van der Waals surface area contributed by atoms with E-state index in [1.165, 1.54) is 0 Å². The van der Waals surface area contributed by atoms with Gasteiger partial charge in [0.05, 0.1) is 12.8 Å². The summed E-state index contributed by atoms with van der Waals surface area (Å²) >= 11 is 3.40. The highest BCUT2D eigenvalue weighted by Crippen LogP contribution is 2.30. The van der Waals surface area contributed by atoms with E-state index in [2.05, 4.69) is 21.2 Å². The Kier molecular flexibility index (Phi) is 6.04. The number of rotatable bonds is 6. The molecule has 0 bridgehead atoms. The van der Waals surface area contributed by atoms with Crippen molar-refractivity contribution in [3.8, 4) is 17.0 Å². The molecule has 1 amide bonds. The Labute approximate surface area is 189 Å². The molecule has 4 aromatic rings. The van der Waals surface area contributed by atoms with E-state index in [0.717, 1.165) is 49.8 Å². The van der Waals surface area contributed by atoms with E-state index in [0.29, 0.717) is 12.8 Å². The largest absolute Gasteiger partial charge is 0.496 e. The van der Waals surface area contributed by atoms with Gasteiger partial charge in [-0.3, -0.25) is 4.79 Å². The number of aryl methyl sites for hydroxylation is 2. The van der Waals surface area contributed by atoms with Crippen LogP contribution >= 0.6 is 15.9 Å². The van der Waals surface area contributed by atoms with Crippen LogP contribution in [0.25, 0.3) is 16.9 Å². The zero-order valence-electron chi connectivity index (χ0n) is 17.6. The second kappa shape index (κ2) is 8.89. The number of benzene rings is 2. The Morgan fingerprint density at radius 1 is 1.13 bits per heavy atom. The molecular formula is C24H23BrN4O2. The fourth-order valence-corrected chi connectivity index (χ4v) is 3.94. The van der Waals surface area contributed by atoms with Gasteiger partial charge in [-0.1, -0.05) is 28.1 Å². The van der Waals surface area contributed by atoms with Gasteiger partial charge in [0.25, 0.3) is 0 Å². The molecule has 158 valence electrons. The predicted octanol–water partition coefficient (Wildman–Crippen LogP) is 5.36. The molecule has 2 heterocycles. The van der Waals surface area contributed by atoms with Crippen LogP contribution in [0.3, 0.4) is 0 Å². The van der Waals surface area contributed by atoms with Crippen molar-refractivity contribution in [2.75, 3.05) is 12.4 Å². The number of hydrogen-bond acceptors (Lipinski definition) is 4. The lowest BCUT2D eigenvalue weighted by molar-refractivity contribution is -0.116. The molecule has 7 heteroatoms. The summed E-state index contributed by atoms with van der Waals surface area (Å²) in [4.78, 5) is 17.2. The van der Waals surface area contributed by atoms with E-state index < -0.39 is 0 Å². The minimum atomic E-state index is -0.0311. The van der Waals surface area contributed by atoms with Crippen molar-refractivity contribution in [1.82, 2.24) is 14.6 Å². The summed E-state index contributed by atoms with van der Waals surface area (Å²) < 4.78 is 8.30. The maximum absolute atomic E-state index is 12.4. The summed E-state index contributed by atoms with van der Waals surface area (Å²) in [6.45, 7) is 3.99. The summed E-state index contributed by atoms with van der Waals surface area (Å²) in [6.07, 6.45) is 0.957. The number of hydrogen-bond donors (Lipinski definition) is 1. The Balaban J connectivity index is 1.57. The highest BCUT2D eigenvalue weighted by molar-refractivity contribution is 9.10. The van der Waals surface area contributed by atoms with Gasteiger partial charge in [-0.15, -0.1) is 0 Å². The van der Waals surface area contributed by atoms with Crippen LogP contribution in [0.15, 0.2) is 59.1 Å². The van der Waals surface area contributed by atoms with Crippen LogP contribution in [0.4, 0.5) is 5.69 Å². The topological polar surface area (TPSA) is 68.5 Å². The molecule has 0 aliphatic rings. The molecule has 4 rings (SSSR count). The second-order valence-electron chi connectivity index (χ2n) is 7.32. The van der Waals surface area contributed by atoms with Gasteiger partial charge in [0.15, 0.2) is 5.65 Å². The van der Waals surface area contributed by atoms with Gasteiger partial charge in [0.1, 0.15) is 5.75 Å². The number of carbonyl (C=O) groups excluding carboxylic acids is 1. The van der Waals surface area contributed by atoms with E-state index in [-0.39, 0.29) is 5.91 Å². The molecule has 0 atom stereocenters. The van der Waals surface area contributed by atoms with Gasteiger partial charge in [-0.2, -0.15) is 5.10 Å². The van der Waals surface area contributed by atoms with Gasteiger partial charge >= 0.3 is 0 Å². The summed E-state index contributed by atoms with van der Waals surface area (Å²) in [5.41, 5.74) is 6.21. The first kappa shape index (κ1) is 21.1. The number of nitrogens with one attached hydrogen (secondary N) is 1. The molecule has 1 N–H and O–H groups in total. The number of amides is 1. The Bertz CT molecular complexity index is 1250. The summed E-state index contributed by atoms with van der Waals surface area (Å²) in [6, 6.07) is 17.3. The number of fused-ring (bicyclic) bond motifs is 1. The van der Waals surface area contributed by atoms with E-state index in [9.17, 15) is 4.79 Å². The lowest BCUT2D eigenvalue weighted by atomic mass is 10.1. The molecule has 0 aliphatic heterocycles. The SMILES string of the molecule is COc1ccccc1-c1cc2nc(C)c(CCC(=O)Nc3ccc(Br)cc3)c(C)n2n1. The van der Waals surface area contributed by atoms with Gasteiger partial charge in [0.2, 0.25) is 5.91 Å². The molecule has 0 radical (unpaired) electrons.